The molecule has 1 aliphatic rings. The lowest BCUT2D eigenvalue weighted by Crippen LogP contribution is -2.17. The highest BCUT2D eigenvalue weighted by molar-refractivity contribution is 8.18. The molecule has 0 unspecified atom stereocenters. The molecule has 1 saturated heterocycles. The minimum absolute atomic E-state index is 0.129. The van der Waals surface area contributed by atoms with Crippen LogP contribution >= 0.6 is 11.8 Å². The van der Waals surface area contributed by atoms with E-state index in [1.54, 1.807) is 18.2 Å². The fraction of sp³-hybridized carbons (Fsp3) is 0.167. The predicted molar refractivity (Wildman–Crippen MR) is 151 cm³/mol. The molecule has 7 nitrogen and oxygen atoms in total. The first-order valence-corrected chi connectivity index (χ1v) is 13.0. The molecule has 8 heteroatoms. The number of nitrogens with one attached hydrogen (secondary N) is 1. The smallest absolute Gasteiger partial charge is 0.290 e. The van der Waals surface area contributed by atoms with Crippen LogP contribution in [0.3, 0.4) is 0 Å². The number of aromatic nitrogens is 1. The second kappa shape index (κ2) is 11.0. The van der Waals surface area contributed by atoms with Crippen molar-refractivity contribution in [3.8, 4) is 22.8 Å². The molecule has 38 heavy (non-hydrogen) atoms. The van der Waals surface area contributed by atoms with Crippen molar-refractivity contribution < 1.29 is 19.1 Å². The topological polar surface area (TPSA) is 86.6 Å². The first-order valence-electron chi connectivity index (χ1n) is 12.2. The van der Waals surface area contributed by atoms with Gasteiger partial charge in [-0.05, 0) is 54.6 Å². The zero-order chi connectivity index (χ0) is 26.6. The van der Waals surface area contributed by atoms with Crippen LogP contribution in [0.2, 0.25) is 0 Å². The van der Waals surface area contributed by atoms with Crippen molar-refractivity contribution in [2.45, 2.75) is 13.3 Å². The third-order valence-corrected chi connectivity index (χ3v) is 7.03. The van der Waals surface area contributed by atoms with Crippen molar-refractivity contribution in [2.75, 3.05) is 13.2 Å². The Kier molecular flexibility index (Phi) is 7.33. The number of amides is 2. The van der Waals surface area contributed by atoms with Crippen LogP contribution in [0.5, 0.6) is 11.5 Å². The molecule has 0 aliphatic carbocycles. The van der Waals surface area contributed by atoms with E-state index in [4.69, 9.17) is 9.47 Å². The number of hydrogen-bond acceptors (Lipinski definition) is 6. The quantitative estimate of drug-likeness (QED) is 0.235. The number of nitrogens with zero attached hydrogens (tertiary/aromatic N) is 1. The summed E-state index contributed by atoms with van der Waals surface area (Å²) in [5.41, 5.74) is 4.32. The number of benzene rings is 3. The summed E-state index contributed by atoms with van der Waals surface area (Å²) in [6, 6.07) is 22.9. The Hall–Kier alpha value is -4.30. The third-order valence-electron chi connectivity index (χ3n) is 6.22. The number of pyridine rings is 1. The van der Waals surface area contributed by atoms with E-state index in [0.717, 1.165) is 39.7 Å². The van der Waals surface area contributed by atoms with Crippen LogP contribution in [0.1, 0.15) is 17.5 Å². The Morgan fingerprint density at radius 2 is 1.61 bits per heavy atom. The predicted octanol–water partition coefficient (Wildman–Crippen LogP) is 5.69. The van der Waals surface area contributed by atoms with Crippen molar-refractivity contribution in [3.05, 3.63) is 99.1 Å². The Bertz CT molecular complexity index is 1610. The van der Waals surface area contributed by atoms with Gasteiger partial charge in [-0.2, -0.15) is 0 Å². The molecule has 4 aromatic rings. The van der Waals surface area contributed by atoms with Crippen molar-refractivity contribution in [1.82, 2.24) is 9.88 Å². The lowest BCUT2D eigenvalue weighted by atomic mass is 10.1. The van der Waals surface area contributed by atoms with Gasteiger partial charge in [0.1, 0.15) is 5.75 Å². The number of thioether (sulfide) groups is 1. The van der Waals surface area contributed by atoms with Gasteiger partial charge in [0.15, 0.2) is 5.75 Å². The van der Waals surface area contributed by atoms with Crippen molar-refractivity contribution >= 4 is 39.9 Å². The van der Waals surface area contributed by atoms with Crippen LogP contribution in [0.4, 0.5) is 4.79 Å². The lowest BCUT2D eigenvalue weighted by molar-refractivity contribution is -0.115. The average molecular weight is 527 g/mol. The number of carbonyl (C=O) groups excluding carboxylic acids is 2. The number of ether oxygens (including phenoxy) is 2. The average Bonchev–Trinajstić information content (AvgIpc) is 3.24. The Balaban J connectivity index is 1.26. The van der Waals surface area contributed by atoms with Crippen molar-refractivity contribution in [1.29, 1.82) is 0 Å². The highest BCUT2D eigenvalue weighted by Crippen LogP contribution is 2.31. The fourth-order valence-electron chi connectivity index (χ4n) is 4.29. The number of carbonyl (C=O) groups is 2. The Labute approximate surface area is 224 Å². The molecule has 0 atom stereocenters. The molecule has 1 aliphatic heterocycles. The summed E-state index contributed by atoms with van der Waals surface area (Å²) in [5.74, 6) is 0.626. The summed E-state index contributed by atoms with van der Waals surface area (Å²) in [5, 5.41) is 2.49. The largest absolute Gasteiger partial charge is 0.493 e. The second-order valence-corrected chi connectivity index (χ2v) is 9.94. The second-order valence-electron chi connectivity index (χ2n) is 8.92. The minimum atomic E-state index is -0.382. The van der Waals surface area contributed by atoms with E-state index < -0.39 is 0 Å². The molecule has 0 bridgehead atoms. The molecule has 0 radical (unpaired) electrons. The molecule has 0 spiro atoms. The number of para-hydroxylation sites is 1. The Morgan fingerprint density at radius 3 is 2.32 bits per heavy atom. The van der Waals surface area contributed by atoms with Gasteiger partial charge in [0, 0.05) is 24.4 Å². The monoisotopic (exact) mass is 526 g/mol. The van der Waals surface area contributed by atoms with Crippen LogP contribution in [-0.4, -0.2) is 28.9 Å². The van der Waals surface area contributed by atoms with Crippen LogP contribution in [-0.2, 0) is 11.8 Å². The summed E-state index contributed by atoms with van der Waals surface area (Å²) in [6.07, 6.45) is 2.24. The molecule has 2 heterocycles. The van der Waals surface area contributed by atoms with Crippen molar-refractivity contribution in [2.24, 2.45) is 7.05 Å². The van der Waals surface area contributed by atoms with Crippen molar-refractivity contribution in [3.63, 3.8) is 0 Å². The molecular formula is C30H26N2O5S. The highest BCUT2D eigenvalue weighted by Gasteiger charge is 2.24. The third kappa shape index (κ3) is 5.35. The molecule has 1 fully saturated rings. The van der Waals surface area contributed by atoms with E-state index in [9.17, 15) is 14.4 Å². The van der Waals surface area contributed by atoms with Gasteiger partial charge < -0.3 is 14.0 Å². The van der Waals surface area contributed by atoms with Gasteiger partial charge in [-0.15, -0.1) is 0 Å². The number of fused-ring (bicyclic) bond motifs is 1. The van der Waals surface area contributed by atoms with Crippen LogP contribution in [0.15, 0.2) is 82.5 Å². The van der Waals surface area contributed by atoms with Gasteiger partial charge >= 0.3 is 0 Å². The van der Waals surface area contributed by atoms with Gasteiger partial charge in [0.2, 0.25) is 5.43 Å². The summed E-state index contributed by atoms with van der Waals surface area (Å²) in [4.78, 5) is 36.8. The van der Waals surface area contributed by atoms with Gasteiger partial charge in [0.25, 0.3) is 11.1 Å². The molecule has 1 N–H and O–H groups in total. The lowest BCUT2D eigenvalue weighted by Gasteiger charge is -2.18. The molecule has 1 aromatic heterocycles. The maximum atomic E-state index is 13.4. The van der Waals surface area contributed by atoms with Gasteiger partial charge in [0.05, 0.1) is 29.3 Å². The van der Waals surface area contributed by atoms with Crippen LogP contribution < -0.4 is 20.2 Å². The van der Waals surface area contributed by atoms with Crippen LogP contribution in [0, 0.1) is 6.92 Å². The SMILES string of the molecule is Cc1ccc(-c2c(OCCCOc3ccc(/C=C4\SC(=O)NC4=O)cc3)c(=O)c3ccccc3n2C)cc1. The number of aryl methyl sites for hydroxylation is 2. The van der Waals surface area contributed by atoms with Gasteiger partial charge in [-0.1, -0.05) is 54.1 Å². The van der Waals surface area contributed by atoms with E-state index in [2.05, 4.69) is 5.32 Å². The summed E-state index contributed by atoms with van der Waals surface area (Å²) >= 11 is 0.885. The molecule has 2 amide bonds. The zero-order valence-electron chi connectivity index (χ0n) is 21.0. The zero-order valence-corrected chi connectivity index (χ0v) is 21.8. The first kappa shape index (κ1) is 25.4. The van der Waals surface area contributed by atoms with E-state index in [1.807, 2.05) is 79.2 Å². The first-order chi connectivity index (χ1) is 18.4. The van der Waals surface area contributed by atoms with Gasteiger partial charge in [-0.25, -0.2) is 0 Å². The summed E-state index contributed by atoms with van der Waals surface area (Å²) < 4.78 is 13.9. The molecule has 0 saturated carbocycles. The van der Waals surface area contributed by atoms with E-state index >= 15 is 0 Å². The summed E-state index contributed by atoms with van der Waals surface area (Å²) in [6.45, 7) is 2.75. The van der Waals surface area contributed by atoms with E-state index in [-0.39, 0.29) is 16.6 Å². The molecule has 3 aromatic carbocycles. The van der Waals surface area contributed by atoms with E-state index in [1.165, 1.54) is 0 Å². The maximum Gasteiger partial charge on any atom is 0.290 e. The number of rotatable bonds is 8. The molecule has 5 rings (SSSR count). The van der Waals surface area contributed by atoms with Gasteiger partial charge in [-0.3, -0.25) is 19.7 Å². The van der Waals surface area contributed by atoms with Crippen LogP contribution in [0.25, 0.3) is 28.2 Å². The highest BCUT2D eigenvalue weighted by atomic mass is 32.2. The number of imide groups is 1. The van der Waals surface area contributed by atoms with E-state index in [0.29, 0.717) is 41.4 Å². The fourth-order valence-corrected chi connectivity index (χ4v) is 4.97. The molecule has 192 valence electrons. The number of hydrogen-bond donors (Lipinski definition) is 1. The molecular weight excluding hydrogens is 500 g/mol. The standard InChI is InChI=1S/C30H26N2O5S/c1-19-8-12-21(13-9-19)26-28(27(33)23-6-3-4-7-24(23)32(26)2)37-17-5-16-36-22-14-10-20(11-15-22)18-25-29(34)31-30(35)38-25/h3-4,6-15,18H,5,16-17H2,1-2H3,(H,31,34,35)/b25-18-. The summed E-state index contributed by atoms with van der Waals surface area (Å²) in [7, 11) is 1.95. The normalized spacial score (nSPS) is 14.2. The minimum Gasteiger partial charge on any atom is -0.493 e. The Morgan fingerprint density at radius 1 is 0.895 bits per heavy atom. The maximum absolute atomic E-state index is 13.4.